The summed E-state index contributed by atoms with van der Waals surface area (Å²) in [6, 6.07) is 8.72. The molecule has 30 heavy (non-hydrogen) atoms. The molecule has 0 aliphatic carbocycles. The number of methoxy groups -OCH3 is 1. The SMILES string of the molecule is COc1ccccc1OCC(=O)NCCS(=O)(=O)N1CCN(c2ncccn2)CC1. The lowest BCUT2D eigenvalue weighted by atomic mass is 10.3. The van der Waals surface area contributed by atoms with E-state index in [0.717, 1.165) is 0 Å². The summed E-state index contributed by atoms with van der Waals surface area (Å²) >= 11 is 0. The van der Waals surface area contributed by atoms with Gasteiger partial charge in [-0.2, -0.15) is 4.31 Å². The zero-order chi connectivity index (χ0) is 21.4. The number of ether oxygens (including phenoxy) is 2. The molecule has 162 valence electrons. The van der Waals surface area contributed by atoms with Crippen LogP contribution in [0.15, 0.2) is 42.7 Å². The molecular weight excluding hydrogens is 410 g/mol. The number of rotatable bonds is 9. The number of nitrogens with one attached hydrogen (secondary N) is 1. The number of amides is 1. The second-order valence-electron chi connectivity index (χ2n) is 6.54. The minimum absolute atomic E-state index is 0.0124. The Bertz CT molecular complexity index is 933. The molecule has 1 aromatic carbocycles. The van der Waals surface area contributed by atoms with Gasteiger partial charge in [0.05, 0.1) is 12.9 Å². The summed E-state index contributed by atoms with van der Waals surface area (Å²) in [6.07, 6.45) is 3.32. The van der Waals surface area contributed by atoms with Crippen LogP contribution in [0, 0.1) is 0 Å². The van der Waals surface area contributed by atoms with Crippen molar-refractivity contribution < 1.29 is 22.7 Å². The molecule has 0 atom stereocenters. The van der Waals surface area contributed by atoms with Crippen molar-refractivity contribution in [3.8, 4) is 11.5 Å². The fraction of sp³-hybridized carbons (Fsp3) is 0.421. The van der Waals surface area contributed by atoms with Gasteiger partial charge in [0.2, 0.25) is 16.0 Å². The highest BCUT2D eigenvalue weighted by atomic mass is 32.2. The van der Waals surface area contributed by atoms with Crippen molar-refractivity contribution in [1.82, 2.24) is 19.6 Å². The van der Waals surface area contributed by atoms with Crippen LogP contribution in [-0.4, -0.2) is 80.8 Å². The van der Waals surface area contributed by atoms with Crippen molar-refractivity contribution >= 4 is 21.9 Å². The number of piperazine rings is 1. The van der Waals surface area contributed by atoms with Gasteiger partial charge in [-0.25, -0.2) is 18.4 Å². The summed E-state index contributed by atoms with van der Waals surface area (Å²) in [5.74, 6) is 0.991. The van der Waals surface area contributed by atoms with E-state index in [1.54, 1.807) is 42.7 Å². The summed E-state index contributed by atoms with van der Waals surface area (Å²) in [4.78, 5) is 22.3. The van der Waals surface area contributed by atoms with Crippen LogP contribution in [0.1, 0.15) is 0 Å². The summed E-state index contributed by atoms with van der Waals surface area (Å²) in [5.41, 5.74) is 0. The Labute approximate surface area is 175 Å². The number of para-hydroxylation sites is 2. The Kier molecular flexibility index (Phi) is 7.41. The van der Waals surface area contributed by atoms with E-state index in [1.807, 2.05) is 4.90 Å². The van der Waals surface area contributed by atoms with E-state index < -0.39 is 15.9 Å². The van der Waals surface area contributed by atoms with Crippen LogP contribution in [-0.2, 0) is 14.8 Å². The molecule has 1 aliphatic heterocycles. The second kappa shape index (κ2) is 10.2. The fourth-order valence-corrected chi connectivity index (χ4v) is 4.34. The monoisotopic (exact) mass is 435 g/mol. The molecule has 2 aromatic rings. The van der Waals surface area contributed by atoms with Crippen LogP contribution in [0.3, 0.4) is 0 Å². The first-order valence-corrected chi connectivity index (χ1v) is 11.1. The summed E-state index contributed by atoms with van der Waals surface area (Å²) in [6.45, 7) is 1.52. The summed E-state index contributed by atoms with van der Waals surface area (Å²) in [7, 11) is -1.96. The fourth-order valence-electron chi connectivity index (χ4n) is 3.00. The average Bonchev–Trinajstić information content (AvgIpc) is 2.78. The first-order chi connectivity index (χ1) is 14.5. The smallest absolute Gasteiger partial charge is 0.257 e. The van der Waals surface area contributed by atoms with Gasteiger partial charge in [-0.05, 0) is 18.2 Å². The number of sulfonamides is 1. The molecule has 3 rings (SSSR count). The molecule has 0 bridgehead atoms. The molecule has 1 amide bonds. The van der Waals surface area contributed by atoms with Gasteiger partial charge in [0.15, 0.2) is 18.1 Å². The molecule has 0 unspecified atom stereocenters. The highest BCUT2D eigenvalue weighted by Crippen LogP contribution is 2.25. The van der Waals surface area contributed by atoms with Crippen molar-refractivity contribution in [2.75, 3.05) is 57.1 Å². The molecule has 2 heterocycles. The van der Waals surface area contributed by atoms with Crippen molar-refractivity contribution in [3.63, 3.8) is 0 Å². The Balaban J connectivity index is 1.40. The van der Waals surface area contributed by atoms with Crippen molar-refractivity contribution in [2.24, 2.45) is 0 Å². The topological polar surface area (TPSA) is 114 Å². The summed E-state index contributed by atoms with van der Waals surface area (Å²) < 4.78 is 37.1. The average molecular weight is 436 g/mol. The molecule has 11 heteroatoms. The number of hydrogen-bond donors (Lipinski definition) is 1. The predicted molar refractivity (Wildman–Crippen MR) is 111 cm³/mol. The van der Waals surface area contributed by atoms with Crippen LogP contribution < -0.4 is 19.7 Å². The van der Waals surface area contributed by atoms with Crippen LogP contribution >= 0.6 is 0 Å². The number of aromatic nitrogens is 2. The maximum Gasteiger partial charge on any atom is 0.257 e. The van der Waals surface area contributed by atoms with Gasteiger partial charge in [0.25, 0.3) is 5.91 Å². The number of nitrogens with zero attached hydrogens (tertiary/aromatic N) is 4. The first-order valence-electron chi connectivity index (χ1n) is 9.52. The van der Waals surface area contributed by atoms with E-state index >= 15 is 0 Å². The lowest BCUT2D eigenvalue weighted by Crippen LogP contribution is -2.50. The molecule has 0 spiro atoms. The Morgan fingerprint density at radius 1 is 1.07 bits per heavy atom. The maximum absolute atomic E-state index is 12.6. The Morgan fingerprint density at radius 3 is 2.40 bits per heavy atom. The van der Waals surface area contributed by atoms with Crippen LogP contribution in [0.25, 0.3) is 0 Å². The van der Waals surface area contributed by atoms with E-state index in [9.17, 15) is 13.2 Å². The van der Waals surface area contributed by atoms with Crippen LogP contribution in [0.4, 0.5) is 5.95 Å². The third-order valence-corrected chi connectivity index (χ3v) is 6.45. The maximum atomic E-state index is 12.6. The van der Waals surface area contributed by atoms with Gasteiger partial charge in [-0.1, -0.05) is 12.1 Å². The molecule has 0 saturated carbocycles. The molecule has 1 saturated heterocycles. The summed E-state index contributed by atoms with van der Waals surface area (Å²) in [5, 5.41) is 2.58. The normalized spacial score (nSPS) is 14.9. The molecule has 1 N–H and O–H groups in total. The van der Waals surface area contributed by atoms with Crippen molar-refractivity contribution in [2.45, 2.75) is 0 Å². The highest BCUT2D eigenvalue weighted by Gasteiger charge is 2.27. The van der Waals surface area contributed by atoms with Crippen molar-refractivity contribution in [1.29, 1.82) is 0 Å². The van der Waals surface area contributed by atoms with E-state index in [1.165, 1.54) is 11.4 Å². The third kappa shape index (κ3) is 5.80. The molecule has 10 nitrogen and oxygen atoms in total. The van der Waals surface area contributed by atoms with Crippen molar-refractivity contribution in [3.05, 3.63) is 42.7 Å². The Hall–Kier alpha value is -2.92. The minimum Gasteiger partial charge on any atom is -0.493 e. The molecule has 1 aliphatic rings. The number of benzene rings is 1. The predicted octanol–water partition coefficient (Wildman–Crippen LogP) is 0.132. The van der Waals surface area contributed by atoms with Gasteiger partial charge in [0, 0.05) is 45.1 Å². The molecular formula is C19H25N5O5S. The van der Waals surface area contributed by atoms with Crippen LogP contribution in [0.2, 0.25) is 0 Å². The largest absolute Gasteiger partial charge is 0.493 e. The lowest BCUT2D eigenvalue weighted by molar-refractivity contribution is -0.122. The van der Waals surface area contributed by atoms with E-state index in [2.05, 4.69) is 15.3 Å². The Morgan fingerprint density at radius 2 is 1.73 bits per heavy atom. The third-order valence-electron chi connectivity index (χ3n) is 4.58. The highest BCUT2D eigenvalue weighted by molar-refractivity contribution is 7.89. The lowest BCUT2D eigenvalue weighted by Gasteiger charge is -2.33. The minimum atomic E-state index is -3.47. The number of anilines is 1. The van der Waals surface area contributed by atoms with Gasteiger partial charge < -0.3 is 19.7 Å². The van der Waals surface area contributed by atoms with Gasteiger partial charge in [0.1, 0.15) is 0 Å². The molecule has 0 radical (unpaired) electrons. The van der Waals surface area contributed by atoms with Gasteiger partial charge >= 0.3 is 0 Å². The van der Waals surface area contributed by atoms with Gasteiger partial charge in [-0.3, -0.25) is 4.79 Å². The van der Waals surface area contributed by atoms with Gasteiger partial charge in [-0.15, -0.1) is 0 Å². The first kappa shape index (κ1) is 21.8. The quantitative estimate of drug-likeness (QED) is 0.591. The standard InChI is InChI=1S/C19H25N5O5S/c1-28-16-5-2-3-6-17(16)29-15-18(25)20-9-14-30(26,27)24-12-10-23(11-13-24)19-21-7-4-8-22-19/h2-8H,9-15H2,1H3,(H,20,25). The molecule has 1 fully saturated rings. The number of carbonyl (C=O) groups excluding carboxylic acids is 1. The number of carbonyl (C=O) groups is 1. The van der Waals surface area contributed by atoms with E-state index in [-0.39, 0.29) is 18.9 Å². The second-order valence-corrected chi connectivity index (χ2v) is 8.63. The van der Waals surface area contributed by atoms with E-state index in [0.29, 0.717) is 43.6 Å². The zero-order valence-electron chi connectivity index (χ0n) is 16.7. The zero-order valence-corrected chi connectivity index (χ0v) is 17.5. The van der Waals surface area contributed by atoms with E-state index in [4.69, 9.17) is 9.47 Å². The van der Waals surface area contributed by atoms with Crippen LogP contribution in [0.5, 0.6) is 11.5 Å². The molecule has 1 aromatic heterocycles. The number of hydrogen-bond acceptors (Lipinski definition) is 8.